The van der Waals surface area contributed by atoms with E-state index in [0.717, 1.165) is 13.0 Å². The van der Waals surface area contributed by atoms with Gasteiger partial charge in [0, 0.05) is 12.6 Å². The zero-order valence-electron chi connectivity index (χ0n) is 13.0. The number of likely N-dealkylation sites (N-methyl/N-ethyl adjacent to an activating group) is 1. The van der Waals surface area contributed by atoms with Gasteiger partial charge in [0.05, 0.1) is 6.61 Å². The number of rotatable bonds is 7. The quantitative estimate of drug-likeness (QED) is 0.708. The molecule has 0 saturated carbocycles. The Bertz CT molecular complexity index is 249. The Morgan fingerprint density at radius 1 is 1.39 bits per heavy atom. The maximum Gasteiger partial charge on any atom is 0.323 e. The van der Waals surface area contributed by atoms with Gasteiger partial charge in [-0.3, -0.25) is 4.79 Å². The Morgan fingerprint density at radius 3 is 2.33 bits per heavy atom. The van der Waals surface area contributed by atoms with Crippen molar-refractivity contribution < 1.29 is 9.53 Å². The summed E-state index contributed by atoms with van der Waals surface area (Å²) >= 11 is 0. The normalized spacial score (nSPS) is 15.6. The second-order valence-electron chi connectivity index (χ2n) is 5.90. The van der Waals surface area contributed by atoms with Gasteiger partial charge in [-0.1, -0.05) is 20.8 Å². The van der Waals surface area contributed by atoms with Crippen molar-refractivity contribution in [2.75, 3.05) is 27.2 Å². The number of carbonyl (C=O) groups excluding carboxylic acids is 1. The predicted molar refractivity (Wildman–Crippen MR) is 75.6 cm³/mol. The van der Waals surface area contributed by atoms with E-state index in [4.69, 9.17) is 4.74 Å². The van der Waals surface area contributed by atoms with Crippen LogP contribution in [0.15, 0.2) is 0 Å². The third-order valence-electron chi connectivity index (χ3n) is 3.60. The molecule has 1 N–H and O–H groups in total. The number of nitrogens with zero attached hydrogens (tertiary/aromatic N) is 1. The van der Waals surface area contributed by atoms with Gasteiger partial charge in [0.25, 0.3) is 0 Å². The standard InChI is InChI=1S/C14H30N2O2/c1-8-18-13(17)12(15-6)9-10-16(7)11(2)14(3,4)5/h11-12,15H,8-10H2,1-7H3. The van der Waals surface area contributed by atoms with Crippen LogP contribution in [-0.2, 0) is 9.53 Å². The van der Waals surface area contributed by atoms with Crippen molar-refractivity contribution in [3.05, 3.63) is 0 Å². The van der Waals surface area contributed by atoms with Crippen molar-refractivity contribution in [2.24, 2.45) is 5.41 Å². The van der Waals surface area contributed by atoms with E-state index in [1.807, 2.05) is 6.92 Å². The third kappa shape index (κ3) is 5.83. The number of nitrogens with one attached hydrogen (secondary N) is 1. The zero-order chi connectivity index (χ0) is 14.3. The Kier molecular flexibility index (Phi) is 7.48. The molecule has 0 amide bonds. The highest BCUT2D eigenvalue weighted by Crippen LogP contribution is 2.23. The summed E-state index contributed by atoms with van der Waals surface area (Å²) in [5.41, 5.74) is 0.244. The van der Waals surface area contributed by atoms with Crippen LogP contribution in [0.25, 0.3) is 0 Å². The largest absolute Gasteiger partial charge is 0.465 e. The van der Waals surface area contributed by atoms with Crippen molar-refractivity contribution in [3.63, 3.8) is 0 Å². The molecule has 0 aliphatic carbocycles. The molecule has 0 fully saturated rings. The second kappa shape index (κ2) is 7.74. The van der Waals surface area contributed by atoms with E-state index in [9.17, 15) is 4.79 Å². The maximum absolute atomic E-state index is 11.7. The third-order valence-corrected chi connectivity index (χ3v) is 3.60. The van der Waals surface area contributed by atoms with E-state index in [-0.39, 0.29) is 17.4 Å². The van der Waals surface area contributed by atoms with Gasteiger partial charge < -0.3 is 15.0 Å². The lowest BCUT2D eigenvalue weighted by atomic mass is 9.87. The molecule has 2 unspecified atom stereocenters. The van der Waals surface area contributed by atoms with Crippen LogP contribution in [0.2, 0.25) is 0 Å². The summed E-state index contributed by atoms with van der Waals surface area (Å²) in [5.74, 6) is -0.156. The van der Waals surface area contributed by atoms with Gasteiger partial charge in [-0.2, -0.15) is 0 Å². The highest BCUT2D eigenvalue weighted by molar-refractivity contribution is 5.75. The summed E-state index contributed by atoms with van der Waals surface area (Å²) in [6.45, 7) is 12.1. The second-order valence-corrected chi connectivity index (χ2v) is 5.90. The fourth-order valence-corrected chi connectivity index (χ4v) is 1.81. The summed E-state index contributed by atoms with van der Waals surface area (Å²) in [6, 6.07) is 0.261. The molecule has 0 radical (unpaired) electrons. The fraction of sp³-hybridized carbons (Fsp3) is 0.929. The molecule has 18 heavy (non-hydrogen) atoms. The van der Waals surface area contributed by atoms with Gasteiger partial charge in [0.15, 0.2) is 0 Å². The Balaban J connectivity index is 4.25. The van der Waals surface area contributed by atoms with Crippen LogP contribution in [0.4, 0.5) is 0 Å². The number of esters is 1. The smallest absolute Gasteiger partial charge is 0.323 e. The summed E-state index contributed by atoms with van der Waals surface area (Å²) in [7, 11) is 3.91. The number of ether oxygens (including phenoxy) is 1. The first-order valence-electron chi connectivity index (χ1n) is 6.78. The minimum absolute atomic E-state index is 0.156. The molecule has 0 aromatic heterocycles. The summed E-state index contributed by atoms with van der Waals surface area (Å²) in [6.07, 6.45) is 0.770. The average Bonchev–Trinajstić information content (AvgIpc) is 2.27. The van der Waals surface area contributed by atoms with Crippen molar-refractivity contribution in [1.82, 2.24) is 10.2 Å². The summed E-state index contributed by atoms with van der Waals surface area (Å²) < 4.78 is 5.03. The number of hydrogen-bond acceptors (Lipinski definition) is 4. The highest BCUT2D eigenvalue weighted by atomic mass is 16.5. The molecule has 0 aliphatic heterocycles. The monoisotopic (exact) mass is 258 g/mol. The Labute approximate surface area is 112 Å². The Morgan fingerprint density at radius 2 is 1.94 bits per heavy atom. The van der Waals surface area contributed by atoms with Crippen LogP contribution in [0.3, 0.4) is 0 Å². The van der Waals surface area contributed by atoms with E-state index in [2.05, 4.69) is 45.0 Å². The summed E-state index contributed by atoms with van der Waals surface area (Å²) in [5, 5.41) is 3.02. The van der Waals surface area contributed by atoms with Crippen LogP contribution in [0, 0.1) is 5.41 Å². The topological polar surface area (TPSA) is 41.6 Å². The minimum atomic E-state index is -0.209. The molecule has 2 atom stereocenters. The minimum Gasteiger partial charge on any atom is -0.465 e. The number of hydrogen-bond donors (Lipinski definition) is 1. The first-order valence-corrected chi connectivity index (χ1v) is 6.78. The molecule has 108 valence electrons. The molecule has 4 heteroatoms. The van der Waals surface area contributed by atoms with Crippen LogP contribution in [0.1, 0.15) is 41.0 Å². The van der Waals surface area contributed by atoms with Gasteiger partial charge in [-0.15, -0.1) is 0 Å². The number of carbonyl (C=O) groups is 1. The lowest BCUT2D eigenvalue weighted by Crippen LogP contribution is -2.43. The van der Waals surface area contributed by atoms with Crippen molar-refractivity contribution >= 4 is 5.97 Å². The van der Waals surface area contributed by atoms with Gasteiger partial charge in [-0.25, -0.2) is 0 Å². The van der Waals surface area contributed by atoms with Crippen LogP contribution in [0.5, 0.6) is 0 Å². The van der Waals surface area contributed by atoms with Gasteiger partial charge >= 0.3 is 5.97 Å². The van der Waals surface area contributed by atoms with E-state index < -0.39 is 0 Å². The van der Waals surface area contributed by atoms with Crippen molar-refractivity contribution in [3.8, 4) is 0 Å². The fourth-order valence-electron chi connectivity index (χ4n) is 1.81. The highest BCUT2D eigenvalue weighted by Gasteiger charge is 2.25. The zero-order valence-corrected chi connectivity index (χ0v) is 13.0. The van der Waals surface area contributed by atoms with E-state index in [0.29, 0.717) is 12.6 Å². The average molecular weight is 258 g/mol. The molecule has 0 aromatic carbocycles. The van der Waals surface area contributed by atoms with Crippen molar-refractivity contribution in [2.45, 2.75) is 53.1 Å². The molecule has 0 rings (SSSR count). The molecular weight excluding hydrogens is 228 g/mol. The predicted octanol–water partition coefficient (Wildman–Crippen LogP) is 1.89. The van der Waals surface area contributed by atoms with E-state index in [1.54, 1.807) is 7.05 Å². The van der Waals surface area contributed by atoms with Crippen LogP contribution in [-0.4, -0.2) is 50.2 Å². The molecule has 0 bridgehead atoms. The SMILES string of the molecule is CCOC(=O)C(CCN(C)C(C)C(C)(C)C)NC. The lowest BCUT2D eigenvalue weighted by molar-refractivity contribution is -0.145. The van der Waals surface area contributed by atoms with Gasteiger partial charge in [0.1, 0.15) is 6.04 Å². The van der Waals surface area contributed by atoms with E-state index >= 15 is 0 Å². The van der Waals surface area contributed by atoms with Crippen molar-refractivity contribution in [1.29, 1.82) is 0 Å². The Hall–Kier alpha value is -0.610. The molecule has 0 heterocycles. The molecular formula is C14H30N2O2. The maximum atomic E-state index is 11.7. The van der Waals surface area contributed by atoms with E-state index in [1.165, 1.54) is 0 Å². The lowest BCUT2D eigenvalue weighted by Gasteiger charge is -2.35. The molecule has 0 aliphatic rings. The first kappa shape index (κ1) is 17.4. The summed E-state index contributed by atoms with van der Waals surface area (Å²) in [4.78, 5) is 13.9. The molecule has 0 aromatic rings. The van der Waals surface area contributed by atoms with Gasteiger partial charge in [-0.05, 0) is 39.8 Å². The molecule has 0 saturated heterocycles. The first-order chi connectivity index (χ1) is 8.23. The molecule has 0 spiro atoms. The van der Waals surface area contributed by atoms with Crippen LogP contribution >= 0.6 is 0 Å². The van der Waals surface area contributed by atoms with Gasteiger partial charge in [0.2, 0.25) is 0 Å². The van der Waals surface area contributed by atoms with Crippen LogP contribution < -0.4 is 5.32 Å². The molecule has 4 nitrogen and oxygen atoms in total.